The zero-order valence-corrected chi connectivity index (χ0v) is 14.3. The van der Waals surface area contributed by atoms with Crippen LogP contribution in [0.5, 0.6) is 0 Å². The Morgan fingerprint density at radius 1 is 1.12 bits per heavy atom. The molecule has 0 aliphatic carbocycles. The number of hydrogen-bond donors (Lipinski definition) is 2. The highest BCUT2D eigenvalue weighted by atomic mass is 16.5. The van der Waals surface area contributed by atoms with E-state index in [9.17, 15) is 4.79 Å². The van der Waals surface area contributed by atoms with Gasteiger partial charge in [0.25, 0.3) is 5.91 Å². The Hall–Kier alpha value is -2.92. The number of anilines is 1. The number of nitrogens with zero attached hydrogens (tertiary/aromatic N) is 1. The second-order valence-corrected chi connectivity index (χ2v) is 6.05. The highest BCUT2D eigenvalue weighted by molar-refractivity contribution is 6.03. The topological polar surface area (TPSA) is 67.0 Å². The number of amides is 1. The first kappa shape index (κ1) is 16.9. The van der Waals surface area contributed by atoms with E-state index in [-0.39, 0.29) is 12.0 Å². The number of aromatic amines is 1. The maximum Gasteiger partial charge on any atom is 0.273 e. The van der Waals surface area contributed by atoms with Crippen molar-refractivity contribution in [3.8, 4) is 11.3 Å². The average molecular weight is 335 g/mol. The maximum atomic E-state index is 12.4. The third-order valence-electron chi connectivity index (χ3n) is 3.66. The van der Waals surface area contributed by atoms with E-state index in [4.69, 9.17) is 4.74 Å². The van der Waals surface area contributed by atoms with Crippen LogP contribution in [0.15, 0.2) is 60.7 Å². The number of benzene rings is 2. The Labute approximate surface area is 147 Å². The van der Waals surface area contributed by atoms with Crippen LogP contribution < -0.4 is 5.32 Å². The number of ether oxygens (including phenoxy) is 1. The zero-order valence-electron chi connectivity index (χ0n) is 14.3. The van der Waals surface area contributed by atoms with Gasteiger partial charge < -0.3 is 10.1 Å². The second kappa shape index (κ2) is 7.77. The van der Waals surface area contributed by atoms with Gasteiger partial charge >= 0.3 is 0 Å². The predicted molar refractivity (Wildman–Crippen MR) is 98.3 cm³/mol. The van der Waals surface area contributed by atoms with Gasteiger partial charge in [-0.25, -0.2) is 0 Å². The Morgan fingerprint density at radius 3 is 2.68 bits per heavy atom. The van der Waals surface area contributed by atoms with E-state index in [1.165, 1.54) is 0 Å². The van der Waals surface area contributed by atoms with Gasteiger partial charge in [-0.05, 0) is 37.6 Å². The summed E-state index contributed by atoms with van der Waals surface area (Å²) in [7, 11) is 0. The number of H-pyrrole nitrogens is 1. The molecule has 0 atom stereocenters. The van der Waals surface area contributed by atoms with Gasteiger partial charge in [0.15, 0.2) is 0 Å². The van der Waals surface area contributed by atoms with E-state index in [0.29, 0.717) is 12.3 Å². The van der Waals surface area contributed by atoms with Gasteiger partial charge in [0, 0.05) is 11.3 Å². The van der Waals surface area contributed by atoms with Crippen LogP contribution in [-0.4, -0.2) is 22.2 Å². The third kappa shape index (κ3) is 4.55. The van der Waals surface area contributed by atoms with E-state index >= 15 is 0 Å². The molecule has 0 saturated carbocycles. The van der Waals surface area contributed by atoms with Crippen LogP contribution in [0.2, 0.25) is 0 Å². The van der Waals surface area contributed by atoms with Crippen molar-refractivity contribution in [3.05, 3.63) is 71.9 Å². The van der Waals surface area contributed by atoms with Gasteiger partial charge in [0.2, 0.25) is 0 Å². The van der Waals surface area contributed by atoms with E-state index in [1.807, 2.05) is 68.4 Å². The largest absolute Gasteiger partial charge is 0.374 e. The van der Waals surface area contributed by atoms with Gasteiger partial charge in [-0.15, -0.1) is 0 Å². The van der Waals surface area contributed by atoms with Crippen LogP contribution in [0.25, 0.3) is 11.3 Å². The quantitative estimate of drug-likeness (QED) is 0.707. The molecular formula is C20H21N3O2. The number of rotatable bonds is 6. The smallest absolute Gasteiger partial charge is 0.273 e. The molecule has 5 nitrogen and oxygen atoms in total. The minimum Gasteiger partial charge on any atom is -0.374 e. The SMILES string of the molecule is CC(C)OCc1cccc(NC(=O)c2cc(-c3ccccc3)n[nH]2)c1. The molecule has 0 unspecified atom stereocenters. The molecule has 0 aliphatic heterocycles. The fourth-order valence-corrected chi connectivity index (χ4v) is 2.40. The molecule has 1 aromatic heterocycles. The second-order valence-electron chi connectivity index (χ2n) is 6.05. The van der Waals surface area contributed by atoms with Gasteiger partial charge in [-0.2, -0.15) is 5.10 Å². The molecule has 0 saturated heterocycles. The Morgan fingerprint density at radius 2 is 1.92 bits per heavy atom. The molecule has 128 valence electrons. The molecule has 1 heterocycles. The molecular weight excluding hydrogens is 314 g/mol. The van der Waals surface area contributed by atoms with Crippen LogP contribution in [-0.2, 0) is 11.3 Å². The summed E-state index contributed by atoms with van der Waals surface area (Å²) in [6.07, 6.45) is 0.166. The minimum absolute atomic E-state index is 0.166. The van der Waals surface area contributed by atoms with Crippen LogP contribution in [0, 0.1) is 0 Å². The van der Waals surface area contributed by atoms with Crippen molar-refractivity contribution in [1.29, 1.82) is 0 Å². The van der Waals surface area contributed by atoms with Gasteiger partial charge in [0.1, 0.15) is 5.69 Å². The Bertz CT molecular complexity index is 841. The third-order valence-corrected chi connectivity index (χ3v) is 3.66. The molecule has 0 spiro atoms. The average Bonchev–Trinajstić information content (AvgIpc) is 3.11. The molecule has 0 bridgehead atoms. The highest BCUT2D eigenvalue weighted by Crippen LogP contribution is 2.18. The van der Waals surface area contributed by atoms with Crippen molar-refractivity contribution in [2.24, 2.45) is 0 Å². The molecule has 3 rings (SSSR count). The molecule has 5 heteroatoms. The first-order valence-electron chi connectivity index (χ1n) is 8.24. The lowest BCUT2D eigenvalue weighted by Gasteiger charge is -2.09. The standard InChI is InChI=1S/C20H21N3O2/c1-14(2)25-13-15-7-6-10-17(11-15)21-20(24)19-12-18(22-23-19)16-8-4-3-5-9-16/h3-12,14H,13H2,1-2H3,(H,21,24)(H,22,23). The lowest BCUT2D eigenvalue weighted by molar-refractivity contribution is 0.0657. The maximum absolute atomic E-state index is 12.4. The molecule has 25 heavy (non-hydrogen) atoms. The highest BCUT2D eigenvalue weighted by Gasteiger charge is 2.11. The lowest BCUT2D eigenvalue weighted by atomic mass is 10.1. The van der Waals surface area contributed by atoms with Crippen molar-refractivity contribution >= 4 is 11.6 Å². The van der Waals surface area contributed by atoms with Crippen molar-refractivity contribution in [2.75, 3.05) is 5.32 Å². The summed E-state index contributed by atoms with van der Waals surface area (Å²) in [6, 6.07) is 19.1. The minimum atomic E-state index is -0.225. The first-order chi connectivity index (χ1) is 12.1. The monoisotopic (exact) mass is 335 g/mol. The summed E-state index contributed by atoms with van der Waals surface area (Å²) in [4.78, 5) is 12.4. The fraction of sp³-hybridized carbons (Fsp3) is 0.200. The molecule has 0 radical (unpaired) electrons. The van der Waals surface area contributed by atoms with Crippen LogP contribution in [0.3, 0.4) is 0 Å². The predicted octanol–water partition coefficient (Wildman–Crippen LogP) is 4.25. The molecule has 2 aromatic carbocycles. The summed E-state index contributed by atoms with van der Waals surface area (Å²) < 4.78 is 5.60. The van der Waals surface area contributed by atoms with E-state index in [2.05, 4.69) is 15.5 Å². The number of hydrogen-bond acceptors (Lipinski definition) is 3. The Balaban J connectivity index is 1.68. The fourth-order valence-electron chi connectivity index (χ4n) is 2.40. The molecule has 0 aliphatic rings. The molecule has 1 amide bonds. The van der Waals surface area contributed by atoms with Crippen LogP contribution in [0.4, 0.5) is 5.69 Å². The van der Waals surface area contributed by atoms with Crippen LogP contribution in [0.1, 0.15) is 29.9 Å². The van der Waals surface area contributed by atoms with Crippen molar-refractivity contribution in [1.82, 2.24) is 10.2 Å². The van der Waals surface area contributed by atoms with Crippen molar-refractivity contribution < 1.29 is 9.53 Å². The zero-order chi connectivity index (χ0) is 17.6. The summed E-state index contributed by atoms with van der Waals surface area (Å²) in [5, 5.41) is 9.89. The van der Waals surface area contributed by atoms with E-state index in [1.54, 1.807) is 6.07 Å². The lowest BCUT2D eigenvalue weighted by Crippen LogP contribution is -2.12. The van der Waals surface area contributed by atoms with E-state index in [0.717, 1.165) is 22.5 Å². The van der Waals surface area contributed by atoms with Gasteiger partial charge in [0.05, 0.1) is 18.4 Å². The normalized spacial score (nSPS) is 10.8. The van der Waals surface area contributed by atoms with Gasteiger partial charge in [-0.3, -0.25) is 9.89 Å². The van der Waals surface area contributed by atoms with Crippen LogP contribution >= 0.6 is 0 Å². The summed E-state index contributed by atoms with van der Waals surface area (Å²) in [5.74, 6) is -0.225. The number of carbonyl (C=O) groups excluding carboxylic acids is 1. The van der Waals surface area contributed by atoms with Crippen molar-refractivity contribution in [3.63, 3.8) is 0 Å². The molecule has 0 fully saturated rings. The van der Waals surface area contributed by atoms with Gasteiger partial charge in [-0.1, -0.05) is 42.5 Å². The van der Waals surface area contributed by atoms with Crippen molar-refractivity contribution in [2.45, 2.75) is 26.6 Å². The number of carbonyl (C=O) groups is 1. The number of nitrogens with one attached hydrogen (secondary N) is 2. The summed E-state index contributed by atoms with van der Waals surface area (Å²) >= 11 is 0. The summed E-state index contributed by atoms with van der Waals surface area (Å²) in [5.41, 5.74) is 3.87. The summed E-state index contributed by atoms with van der Waals surface area (Å²) in [6.45, 7) is 4.51. The van der Waals surface area contributed by atoms with E-state index < -0.39 is 0 Å². The number of aromatic nitrogens is 2. The molecule has 2 N–H and O–H groups in total. The Kier molecular flexibility index (Phi) is 5.26. The first-order valence-corrected chi connectivity index (χ1v) is 8.24. The molecule has 3 aromatic rings.